The fraction of sp³-hybridized carbons (Fsp3) is 0.857. The van der Waals surface area contributed by atoms with Crippen molar-refractivity contribution in [3.63, 3.8) is 0 Å². The molecule has 2 unspecified atom stereocenters. The summed E-state index contributed by atoms with van der Waals surface area (Å²) < 4.78 is -0.444. The lowest BCUT2D eigenvalue weighted by atomic mass is 9.74. The molecule has 0 saturated heterocycles. The smallest absolute Gasteiger partial charge is 0.320 e. The molecule has 1 saturated carbocycles. The van der Waals surface area contributed by atoms with Gasteiger partial charge in [0.2, 0.25) is 0 Å². The van der Waals surface area contributed by atoms with E-state index >= 15 is 0 Å². The molecule has 0 aliphatic heterocycles. The van der Waals surface area contributed by atoms with Crippen molar-refractivity contribution >= 4 is 17.7 Å². The van der Waals surface area contributed by atoms with Gasteiger partial charge in [0.15, 0.2) is 0 Å². The summed E-state index contributed by atoms with van der Waals surface area (Å²) in [5, 5.41) is 8.83. The van der Waals surface area contributed by atoms with E-state index in [1.54, 1.807) is 0 Å². The van der Waals surface area contributed by atoms with Crippen molar-refractivity contribution in [1.82, 2.24) is 0 Å². The lowest BCUT2D eigenvalue weighted by Crippen LogP contribution is -2.49. The number of carboxylic acid groups (broad SMARTS) is 1. The van der Waals surface area contributed by atoms with Crippen LogP contribution in [0.3, 0.4) is 0 Å². The first-order chi connectivity index (χ1) is 4.63. The molecule has 2 atom stereocenters. The molecule has 1 fully saturated rings. The first kappa shape index (κ1) is 7.92. The minimum absolute atomic E-state index is 0.347. The first-order valence-electron chi connectivity index (χ1n) is 3.42. The summed E-state index contributed by atoms with van der Waals surface area (Å²) in [4.78, 5) is 10.7. The zero-order valence-corrected chi connectivity index (χ0v) is 7.07. The predicted molar refractivity (Wildman–Crippen MR) is 42.3 cm³/mol. The molecule has 58 valence electrons. The maximum Gasteiger partial charge on any atom is 0.320 e. The van der Waals surface area contributed by atoms with Crippen molar-refractivity contribution in [2.24, 2.45) is 5.92 Å². The fourth-order valence-electron chi connectivity index (χ4n) is 1.40. The number of carboxylic acids is 1. The highest BCUT2D eigenvalue weighted by Gasteiger charge is 2.49. The van der Waals surface area contributed by atoms with Crippen molar-refractivity contribution < 1.29 is 9.90 Å². The van der Waals surface area contributed by atoms with Crippen LogP contribution in [0.1, 0.15) is 19.8 Å². The highest BCUT2D eigenvalue weighted by Crippen LogP contribution is 2.47. The van der Waals surface area contributed by atoms with Crippen LogP contribution < -0.4 is 0 Å². The minimum Gasteiger partial charge on any atom is -0.480 e. The largest absolute Gasteiger partial charge is 0.480 e. The lowest BCUT2D eigenvalue weighted by molar-refractivity contribution is -0.144. The Morgan fingerprint density at radius 1 is 1.80 bits per heavy atom. The van der Waals surface area contributed by atoms with E-state index in [9.17, 15) is 4.79 Å². The summed E-state index contributed by atoms with van der Waals surface area (Å²) >= 11 is 1.48. The van der Waals surface area contributed by atoms with Gasteiger partial charge in [0.05, 0.1) is 0 Å². The average Bonchev–Trinajstić information content (AvgIpc) is 1.86. The molecule has 10 heavy (non-hydrogen) atoms. The zero-order valence-electron chi connectivity index (χ0n) is 6.26. The topological polar surface area (TPSA) is 37.3 Å². The number of thioether (sulfide) groups is 1. The quantitative estimate of drug-likeness (QED) is 0.666. The van der Waals surface area contributed by atoms with Gasteiger partial charge in [-0.15, -0.1) is 11.8 Å². The maximum atomic E-state index is 10.7. The summed E-state index contributed by atoms with van der Waals surface area (Å²) in [7, 11) is 0. The third kappa shape index (κ3) is 0.839. The van der Waals surface area contributed by atoms with E-state index in [-0.39, 0.29) is 0 Å². The normalized spacial score (nSPS) is 38.8. The minimum atomic E-state index is -0.640. The van der Waals surface area contributed by atoms with Gasteiger partial charge in [-0.05, 0) is 25.0 Å². The Labute approximate surface area is 65.0 Å². The van der Waals surface area contributed by atoms with Crippen LogP contribution in [-0.4, -0.2) is 22.1 Å². The van der Waals surface area contributed by atoms with E-state index in [1.165, 1.54) is 11.8 Å². The van der Waals surface area contributed by atoms with E-state index < -0.39 is 10.7 Å². The first-order valence-corrected chi connectivity index (χ1v) is 4.64. The Morgan fingerprint density at radius 3 is 2.40 bits per heavy atom. The van der Waals surface area contributed by atoms with Gasteiger partial charge in [0.1, 0.15) is 4.75 Å². The summed E-state index contributed by atoms with van der Waals surface area (Å²) in [5.41, 5.74) is 0. The van der Waals surface area contributed by atoms with Crippen LogP contribution in [-0.2, 0) is 4.79 Å². The molecule has 0 aromatic rings. The molecule has 1 aliphatic carbocycles. The van der Waals surface area contributed by atoms with Gasteiger partial charge in [-0.3, -0.25) is 4.79 Å². The summed E-state index contributed by atoms with van der Waals surface area (Å²) in [5.74, 6) is -0.293. The van der Waals surface area contributed by atoms with Crippen LogP contribution in [0.15, 0.2) is 0 Å². The van der Waals surface area contributed by atoms with E-state index in [2.05, 4.69) is 0 Å². The van der Waals surface area contributed by atoms with Crippen molar-refractivity contribution in [3.05, 3.63) is 0 Å². The third-order valence-electron chi connectivity index (χ3n) is 2.47. The van der Waals surface area contributed by atoms with E-state index in [0.29, 0.717) is 5.92 Å². The molecular weight excluding hydrogens is 148 g/mol. The molecule has 1 aliphatic rings. The summed E-state index contributed by atoms with van der Waals surface area (Å²) in [6.07, 6.45) is 3.78. The van der Waals surface area contributed by atoms with Crippen molar-refractivity contribution in [2.75, 3.05) is 6.26 Å². The van der Waals surface area contributed by atoms with Crippen molar-refractivity contribution in [2.45, 2.75) is 24.5 Å². The van der Waals surface area contributed by atoms with Crippen LogP contribution in [0.2, 0.25) is 0 Å². The molecule has 3 heteroatoms. The zero-order chi connectivity index (χ0) is 7.78. The van der Waals surface area contributed by atoms with Crippen LogP contribution >= 0.6 is 11.8 Å². The van der Waals surface area contributed by atoms with Gasteiger partial charge >= 0.3 is 5.97 Å². The van der Waals surface area contributed by atoms with Crippen LogP contribution in [0.5, 0.6) is 0 Å². The number of carbonyl (C=O) groups is 1. The Bertz CT molecular complexity index is 154. The molecule has 1 rings (SSSR count). The van der Waals surface area contributed by atoms with Crippen LogP contribution in [0.25, 0.3) is 0 Å². The van der Waals surface area contributed by atoms with Crippen molar-refractivity contribution in [3.8, 4) is 0 Å². The summed E-state index contributed by atoms with van der Waals surface area (Å²) in [6.45, 7) is 2.01. The predicted octanol–water partition coefficient (Wildman–Crippen LogP) is 1.60. The molecule has 1 N–H and O–H groups in total. The molecule has 0 spiro atoms. The Balaban J connectivity index is 2.69. The Kier molecular flexibility index (Phi) is 1.95. The Morgan fingerprint density at radius 2 is 2.40 bits per heavy atom. The maximum absolute atomic E-state index is 10.7. The van der Waals surface area contributed by atoms with Gasteiger partial charge in [-0.2, -0.15) is 0 Å². The molecule has 0 aromatic carbocycles. The van der Waals surface area contributed by atoms with Crippen LogP contribution in [0.4, 0.5) is 0 Å². The van der Waals surface area contributed by atoms with E-state index in [1.807, 2.05) is 13.2 Å². The second kappa shape index (κ2) is 2.46. The van der Waals surface area contributed by atoms with Gasteiger partial charge in [0, 0.05) is 0 Å². The van der Waals surface area contributed by atoms with Gasteiger partial charge < -0.3 is 5.11 Å². The Hall–Kier alpha value is -0.180. The number of hydrogen-bond acceptors (Lipinski definition) is 2. The molecule has 0 aromatic heterocycles. The second-order valence-electron chi connectivity index (χ2n) is 2.84. The standard InChI is InChI=1S/C7H12O2S/c1-5-3-4-7(5,10-2)6(8)9/h5H,3-4H2,1-2H3,(H,8,9). The molecule has 0 bridgehead atoms. The average molecular weight is 160 g/mol. The highest BCUT2D eigenvalue weighted by atomic mass is 32.2. The van der Waals surface area contributed by atoms with Crippen LogP contribution in [0, 0.1) is 5.92 Å². The third-order valence-corrected chi connectivity index (χ3v) is 3.98. The van der Waals surface area contributed by atoms with E-state index in [4.69, 9.17) is 5.11 Å². The second-order valence-corrected chi connectivity index (χ2v) is 3.98. The van der Waals surface area contributed by atoms with E-state index in [0.717, 1.165) is 12.8 Å². The number of hydrogen-bond donors (Lipinski definition) is 1. The SMILES string of the molecule is CSC1(C(=O)O)CCC1C. The number of rotatable bonds is 2. The van der Waals surface area contributed by atoms with Gasteiger partial charge in [-0.1, -0.05) is 6.92 Å². The fourth-order valence-corrected chi connectivity index (χ4v) is 2.42. The molecule has 0 radical (unpaired) electrons. The summed E-state index contributed by atoms with van der Waals surface area (Å²) in [6, 6.07) is 0. The molecule has 0 amide bonds. The number of aliphatic carboxylic acids is 1. The lowest BCUT2D eigenvalue weighted by Gasteiger charge is -2.42. The van der Waals surface area contributed by atoms with Gasteiger partial charge in [0.25, 0.3) is 0 Å². The molecule has 0 heterocycles. The monoisotopic (exact) mass is 160 g/mol. The van der Waals surface area contributed by atoms with Crippen molar-refractivity contribution in [1.29, 1.82) is 0 Å². The molecule has 2 nitrogen and oxygen atoms in total. The van der Waals surface area contributed by atoms with Gasteiger partial charge in [-0.25, -0.2) is 0 Å². The highest BCUT2D eigenvalue weighted by molar-refractivity contribution is 8.00. The molecular formula is C7H12O2S.